The van der Waals surface area contributed by atoms with Crippen molar-refractivity contribution in [2.75, 3.05) is 24.2 Å². The van der Waals surface area contributed by atoms with Gasteiger partial charge in [-0.3, -0.25) is 0 Å². The number of anilines is 2. The van der Waals surface area contributed by atoms with Crippen LogP contribution in [0.15, 0.2) is 11.4 Å². The molecule has 0 radical (unpaired) electrons. The number of rotatable bonds is 4. The summed E-state index contributed by atoms with van der Waals surface area (Å²) in [7, 11) is 1.81. The number of hydrogen-bond acceptors (Lipinski definition) is 6. The van der Waals surface area contributed by atoms with E-state index in [0.717, 1.165) is 47.6 Å². The molecule has 3 rings (SSSR count). The number of nitrogens with zero attached hydrogens (tertiary/aromatic N) is 2. The molecule has 0 spiro atoms. The Bertz CT molecular complexity index is 619. The van der Waals surface area contributed by atoms with Crippen LogP contribution in [0.25, 0.3) is 10.2 Å². The smallest absolute Gasteiger partial charge is 0.225 e. The van der Waals surface area contributed by atoms with E-state index in [1.165, 1.54) is 0 Å². The molecule has 3 N–H and O–H groups in total. The molecule has 2 aromatic rings. The van der Waals surface area contributed by atoms with Crippen LogP contribution in [-0.4, -0.2) is 34.3 Å². The van der Waals surface area contributed by atoms with Crippen molar-refractivity contribution < 1.29 is 5.11 Å². The fraction of sp³-hybridized carbons (Fsp3) is 0.600. The Labute approximate surface area is 128 Å². The second kappa shape index (κ2) is 5.77. The number of thiophene rings is 1. The number of aromatic nitrogens is 2. The summed E-state index contributed by atoms with van der Waals surface area (Å²) in [5, 5.41) is 20.0. The van der Waals surface area contributed by atoms with Gasteiger partial charge in [0, 0.05) is 13.6 Å². The molecule has 0 aromatic carbocycles. The topological polar surface area (TPSA) is 70.1 Å². The molecular weight excluding hydrogens is 284 g/mol. The van der Waals surface area contributed by atoms with Crippen LogP contribution in [0.3, 0.4) is 0 Å². The fourth-order valence-electron chi connectivity index (χ4n) is 2.83. The van der Waals surface area contributed by atoms with Gasteiger partial charge in [-0.15, -0.1) is 11.3 Å². The van der Waals surface area contributed by atoms with Gasteiger partial charge in [-0.2, -0.15) is 4.98 Å². The third-order valence-electron chi connectivity index (χ3n) is 4.34. The predicted molar refractivity (Wildman–Crippen MR) is 88.0 cm³/mol. The molecule has 2 aromatic heterocycles. The summed E-state index contributed by atoms with van der Waals surface area (Å²) in [6.07, 6.45) is 3.91. The predicted octanol–water partition coefficient (Wildman–Crippen LogP) is 3.09. The van der Waals surface area contributed by atoms with Gasteiger partial charge in [0.05, 0.1) is 11.0 Å². The first kappa shape index (κ1) is 14.5. The third-order valence-corrected chi connectivity index (χ3v) is 5.15. The van der Waals surface area contributed by atoms with Gasteiger partial charge in [-0.05, 0) is 43.0 Å². The maximum Gasteiger partial charge on any atom is 0.225 e. The molecule has 1 aliphatic carbocycles. The normalized spacial score (nSPS) is 26.0. The molecule has 1 saturated carbocycles. The molecular formula is C15H22N4OS. The summed E-state index contributed by atoms with van der Waals surface area (Å²) in [5.74, 6) is 2.14. The van der Waals surface area contributed by atoms with Crippen LogP contribution in [0.2, 0.25) is 0 Å². The molecule has 0 unspecified atom stereocenters. The highest BCUT2D eigenvalue weighted by Gasteiger charge is 2.31. The van der Waals surface area contributed by atoms with E-state index in [9.17, 15) is 5.11 Å². The first-order chi connectivity index (χ1) is 10.1. The van der Waals surface area contributed by atoms with Gasteiger partial charge in [-0.1, -0.05) is 6.92 Å². The molecule has 6 heteroatoms. The molecule has 2 heterocycles. The van der Waals surface area contributed by atoms with Crippen LogP contribution in [0.1, 0.15) is 32.6 Å². The molecule has 114 valence electrons. The van der Waals surface area contributed by atoms with Crippen molar-refractivity contribution in [2.24, 2.45) is 5.92 Å². The number of aliphatic hydroxyl groups is 1. The monoisotopic (exact) mass is 306 g/mol. The standard InChI is InChI=1S/C15H22N4OS/c1-10-3-6-15(20,7-4-10)9-17-12-11-5-8-21-13(11)19-14(16-2)18-12/h5,8,10,20H,3-4,6-7,9H2,1-2H3,(H2,16,17,18,19). The highest BCUT2D eigenvalue weighted by Crippen LogP contribution is 2.33. The Balaban J connectivity index is 1.77. The van der Waals surface area contributed by atoms with Crippen molar-refractivity contribution >= 4 is 33.3 Å². The Kier molecular flexibility index (Phi) is 3.99. The van der Waals surface area contributed by atoms with E-state index in [4.69, 9.17) is 0 Å². The van der Waals surface area contributed by atoms with Crippen LogP contribution in [0, 0.1) is 5.92 Å². The first-order valence-corrected chi connectivity index (χ1v) is 8.37. The van der Waals surface area contributed by atoms with Gasteiger partial charge in [0.2, 0.25) is 5.95 Å². The average molecular weight is 306 g/mol. The van der Waals surface area contributed by atoms with E-state index in [0.29, 0.717) is 12.5 Å². The molecule has 5 nitrogen and oxygen atoms in total. The average Bonchev–Trinajstić information content (AvgIpc) is 2.96. The quantitative estimate of drug-likeness (QED) is 0.810. The van der Waals surface area contributed by atoms with Crippen LogP contribution < -0.4 is 10.6 Å². The van der Waals surface area contributed by atoms with Gasteiger partial charge in [0.1, 0.15) is 10.6 Å². The molecule has 0 atom stereocenters. The van der Waals surface area contributed by atoms with Crippen molar-refractivity contribution in [1.29, 1.82) is 0 Å². The van der Waals surface area contributed by atoms with Crippen LogP contribution in [0.5, 0.6) is 0 Å². The van der Waals surface area contributed by atoms with Crippen LogP contribution in [-0.2, 0) is 0 Å². The van der Waals surface area contributed by atoms with E-state index in [1.807, 2.05) is 18.5 Å². The van der Waals surface area contributed by atoms with Crippen molar-refractivity contribution in [3.8, 4) is 0 Å². The Morgan fingerprint density at radius 2 is 2.14 bits per heavy atom. The highest BCUT2D eigenvalue weighted by molar-refractivity contribution is 7.16. The van der Waals surface area contributed by atoms with E-state index >= 15 is 0 Å². The summed E-state index contributed by atoms with van der Waals surface area (Å²) in [6, 6.07) is 2.02. The van der Waals surface area contributed by atoms with Gasteiger partial charge >= 0.3 is 0 Å². The molecule has 0 aliphatic heterocycles. The molecule has 1 aliphatic rings. The van der Waals surface area contributed by atoms with Gasteiger partial charge in [0.15, 0.2) is 0 Å². The zero-order valence-electron chi connectivity index (χ0n) is 12.5. The van der Waals surface area contributed by atoms with Crippen molar-refractivity contribution in [1.82, 2.24) is 9.97 Å². The lowest BCUT2D eigenvalue weighted by molar-refractivity contribution is 0.00497. The van der Waals surface area contributed by atoms with Gasteiger partial charge in [0.25, 0.3) is 0 Å². The van der Waals surface area contributed by atoms with E-state index in [2.05, 4.69) is 27.5 Å². The molecule has 0 saturated heterocycles. The minimum Gasteiger partial charge on any atom is -0.388 e. The first-order valence-electron chi connectivity index (χ1n) is 7.49. The zero-order chi connectivity index (χ0) is 14.9. The summed E-state index contributed by atoms with van der Waals surface area (Å²) in [5.41, 5.74) is -0.611. The summed E-state index contributed by atoms with van der Waals surface area (Å²) >= 11 is 1.60. The van der Waals surface area contributed by atoms with Gasteiger partial charge in [-0.25, -0.2) is 4.98 Å². The third kappa shape index (κ3) is 3.11. The summed E-state index contributed by atoms with van der Waals surface area (Å²) in [4.78, 5) is 9.87. The SMILES string of the molecule is CNc1nc(NCC2(O)CCC(C)CC2)c2ccsc2n1. The van der Waals surface area contributed by atoms with E-state index in [1.54, 1.807) is 11.3 Å². The van der Waals surface area contributed by atoms with Crippen LogP contribution >= 0.6 is 11.3 Å². The van der Waals surface area contributed by atoms with Crippen LogP contribution in [0.4, 0.5) is 11.8 Å². The number of fused-ring (bicyclic) bond motifs is 1. The Morgan fingerprint density at radius 1 is 1.38 bits per heavy atom. The second-order valence-electron chi connectivity index (χ2n) is 6.05. The van der Waals surface area contributed by atoms with Gasteiger partial charge < -0.3 is 15.7 Å². The lowest BCUT2D eigenvalue weighted by atomic mass is 9.79. The minimum atomic E-state index is -0.611. The zero-order valence-corrected chi connectivity index (χ0v) is 13.3. The summed E-state index contributed by atoms with van der Waals surface area (Å²) < 4.78 is 0. The van der Waals surface area contributed by atoms with Crippen molar-refractivity contribution in [3.05, 3.63) is 11.4 Å². The molecule has 0 bridgehead atoms. The lowest BCUT2D eigenvalue weighted by Crippen LogP contribution is -2.40. The fourth-order valence-corrected chi connectivity index (χ4v) is 3.59. The Hall–Kier alpha value is -1.40. The second-order valence-corrected chi connectivity index (χ2v) is 6.94. The lowest BCUT2D eigenvalue weighted by Gasteiger charge is -2.35. The number of hydrogen-bond donors (Lipinski definition) is 3. The largest absolute Gasteiger partial charge is 0.388 e. The van der Waals surface area contributed by atoms with Crippen molar-refractivity contribution in [2.45, 2.75) is 38.2 Å². The molecule has 0 amide bonds. The summed E-state index contributed by atoms with van der Waals surface area (Å²) in [6.45, 7) is 2.80. The van der Waals surface area contributed by atoms with E-state index in [-0.39, 0.29) is 0 Å². The Morgan fingerprint density at radius 3 is 2.86 bits per heavy atom. The molecule has 1 fully saturated rings. The number of nitrogens with one attached hydrogen (secondary N) is 2. The maximum absolute atomic E-state index is 10.7. The van der Waals surface area contributed by atoms with E-state index < -0.39 is 5.60 Å². The minimum absolute atomic E-state index is 0.546. The van der Waals surface area contributed by atoms with Crippen molar-refractivity contribution in [3.63, 3.8) is 0 Å². The molecule has 21 heavy (non-hydrogen) atoms. The highest BCUT2D eigenvalue weighted by atomic mass is 32.1. The maximum atomic E-state index is 10.7.